The minimum absolute atomic E-state index is 0.0141. The smallest absolute Gasteiger partial charge is 0.167 e. The van der Waals surface area contributed by atoms with Crippen LogP contribution in [0.3, 0.4) is 0 Å². The zero-order valence-corrected chi connectivity index (χ0v) is 16.8. The number of carbonyl (C=O) groups is 1. The van der Waals surface area contributed by atoms with Crippen molar-refractivity contribution in [1.82, 2.24) is 0 Å². The number of aromatic hydroxyl groups is 1. The van der Waals surface area contributed by atoms with Gasteiger partial charge in [-0.15, -0.1) is 11.8 Å². The summed E-state index contributed by atoms with van der Waals surface area (Å²) in [6.07, 6.45) is 0. The minimum atomic E-state index is -0.734. The Morgan fingerprint density at radius 3 is 2.48 bits per heavy atom. The molecule has 1 aromatic rings. The number of nitrogens with zero attached hydrogens (tertiary/aromatic N) is 1. The number of aliphatic imine (C=N–C) groups is 1. The lowest BCUT2D eigenvalue weighted by molar-refractivity contribution is -0.120. The molecule has 0 amide bonds. The third-order valence-electron chi connectivity index (χ3n) is 4.12. The van der Waals surface area contributed by atoms with E-state index in [-0.39, 0.29) is 11.5 Å². The summed E-state index contributed by atoms with van der Waals surface area (Å²) in [6, 6.07) is 5.26. The first-order valence-corrected chi connectivity index (χ1v) is 9.80. The van der Waals surface area contributed by atoms with Crippen LogP contribution in [0.4, 0.5) is 0 Å². The molecule has 0 unspecified atom stereocenters. The van der Waals surface area contributed by atoms with Crippen molar-refractivity contribution in [2.24, 2.45) is 4.99 Å². The molecule has 0 radical (unpaired) electrons. The van der Waals surface area contributed by atoms with Gasteiger partial charge < -0.3 is 24.1 Å². The number of carbonyl (C=O) groups excluding carboxylic acids is 1. The van der Waals surface area contributed by atoms with E-state index in [4.69, 9.17) is 18.9 Å². The number of ketones is 1. The number of rotatable bonds is 12. The monoisotopic (exact) mass is 397 g/mol. The number of benzene rings is 1. The maximum atomic E-state index is 11.8. The van der Waals surface area contributed by atoms with Gasteiger partial charge in [0.25, 0.3) is 0 Å². The Labute approximate surface area is 164 Å². The number of ether oxygens (including phenoxy) is 4. The summed E-state index contributed by atoms with van der Waals surface area (Å²) in [5.74, 6) is 0.981. The summed E-state index contributed by atoms with van der Waals surface area (Å²) < 4.78 is 21.2. The van der Waals surface area contributed by atoms with Crippen LogP contribution in [0.2, 0.25) is 0 Å². The molecular weight excluding hydrogens is 370 g/mol. The van der Waals surface area contributed by atoms with E-state index >= 15 is 0 Å². The maximum absolute atomic E-state index is 11.8. The molecule has 1 N–H and O–H groups in total. The molecule has 1 atom stereocenters. The summed E-state index contributed by atoms with van der Waals surface area (Å²) in [5.41, 5.74) is -0.155. The quantitative estimate of drug-likeness (QED) is 0.542. The zero-order valence-electron chi connectivity index (χ0n) is 16.0. The summed E-state index contributed by atoms with van der Waals surface area (Å²) >= 11 is 1.46. The van der Waals surface area contributed by atoms with Crippen molar-refractivity contribution < 1.29 is 28.8 Å². The lowest BCUT2D eigenvalue weighted by atomic mass is 10.0. The molecular formula is C19H27NO6S. The van der Waals surface area contributed by atoms with Gasteiger partial charge in [-0.2, -0.15) is 0 Å². The molecule has 0 bridgehead atoms. The first kappa shape index (κ1) is 21.7. The number of phenols is 1. The van der Waals surface area contributed by atoms with Gasteiger partial charge in [0.1, 0.15) is 17.2 Å². The topological polar surface area (TPSA) is 86.6 Å². The number of thioether (sulfide) groups is 1. The van der Waals surface area contributed by atoms with Crippen molar-refractivity contribution in [2.75, 3.05) is 52.5 Å². The average molecular weight is 397 g/mol. The van der Waals surface area contributed by atoms with Crippen molar-refractivity contribution >= 4 is 22.6 Å². The van der Waals surface area contributed by atoms with Gasteiger partial charge in [-0.3, -0.25) is 9.79 Å². The van der Waals surface area contributed by atoms with Gasteiger partial charge >= 0.3 is 0 Å². The molecule has 1 heterocycles. The van der Waals surface area contributed by atoms with Crippen molar-refractivity contribution in [3.8, 4) is 11.5 Å². The Hall–Kier alpha value is -1.61. The molecule has 27 heavy (non-hydrogen) atoms. The van der Waals surface area contributed by atoms with Gasteiger partial charge in [0.2, 0.25) is 0 Å². The zero-order chi connectivity index (χ0) is 19.7. The fraction of sp³-hybridized carbons (Fsp3) is 0.579. The molecule has 150 valence electrons. The normalized spacial score (nSPS) is 19.1. The van der Waals surface area contributed by atoms with Gasteiger partial charge in [0.15, 0.2) is 17.3 Å². The highest BCUT2D eigenvalue weighted by atomic mass is 32.2. The van der Waals surface area contributed by atoms with Crippen LogP contribution in [0, 0.1) is 0 Å². The summed E-state index contributed by atoms with van der Waals surface area (Å²) in [5, 5.41) is 11.2. The molecule has 1 aliphatic heterocycles. The van der Waals surface area contributed by atoms with E-state index < -0.39 is 5.54 Å². The van der Waals surface area contributed by atoms with E-state index in [9.17, 15) is 9.90 Å². The Bertz CT molecular complexity index is 666. The number of para-hydroxylation sites is 1. The van der Waals surface area contributed by atoms with Crippen LogP contribution in [0.15, 0.2) is 23.2 Å². The molecule has 0 aromatic heterocycles. The summed E-state index contributed by atoms with van der Waals surface area (Å²) in [7, 11) is 1.63. The van der Waals surface area contributed by atoms with Crippen LogP contribution in [0.25, 0.3) is 0 Å². The number of methoxy groups -OCH3 is 1. The highest BCUT2D eigenvalue weighted by Gasteiger charge is 2.36. The van der Waals surface area contributed by atoms with E-state index in [0.29, 0.717) is 61.8 Å². The SMILES string of the molecule is COCCOCCOCCOc1cccc(C2=N[C@@](C)(C(C)=O)CS2)c1O. The maximum Gasteiger partial charge on any atom is 0.167 e. The molecule has 1 aliphatic rings. The second kappa shape index (κ2) is 10.7. The second-order valence-electron chi connectivity index (χ2n) is 6.25. The van der Waals surface area contributed by atoms with E-state index in [1.165, 1.54) is 18.7 Å². The first-order valence-electron chi connectivity index (χ1n) is 8.81. The van der Waals surface area contributed by atoms with Crippen LogP contribution in [-0.2, 0) is 19.0 Å². The van der Waals surface area contributed by atoms with Crippen LogP contribution >= 0.6 is 11.8 Å². The third-order valence-corrected chi connectivity index (χ3v) is 5.41. The van der Waals surface area contributed by atoms with Crippen molar-refractivity contribution in [2.45, 2.75) is 19.4 Å². The van der Waals surface area contributed by atoms with Crippen molar-refractivity contribution in [3.05, 3.63) is 23.8 Å². The van der Waals surface area contributed by atoms with E-state index in [0.717, 1.165) is 0 Å². The highest BCUT2D eigenvalue weighted by Crippen LogP contribution is 2.38. The van der Waals surface area contributed by atoms with Gasteiger partial charge in [0.05, 0.1) is 38.6 Å². The molecule has 0 spiro atoms. The fourth-order valence-electron chi connectivity index (χ4n) is 2.30. The Balaban J connectivity index is 1.83. The predicted molar refractivity (Wildman–Crippen MR) is 105 cm³/mol. The third kappa shape index (κ3) is 6.21. The highest BCUT2D eigenvalue weighted by molar-refractivity contribution is 8.14. The van der Waals surface area contributed by atoms with Crippen molar-refractivity contribution in [1.29, 1.82) is 0 Å². The Kier molecular flexibility index (Phi) is 8.56. The number of phenolic OH excluding ortho intramolecular Hbond substituents is 1. The molecule has 1 aromatic carbocycles. The fourth-order valence-corrected chi connectivity index (χ4v) is 3.57. The molecule has 8 heteroatoms. The van der Waals surface area contributed by atoms with E-state index in [1.807, 2.05) is 6.92 Å². The first-order chi connectivity index (χ1) is 13.0. The average Bonchev–Trinajstić information content (AvgIpc) is 3.05. The van der Waals surface area contributed by atoms with Gasteiger partial charge in [-0.05, 0) is 26.0 Å². The van der Waals surface area contributed by atoms with Gasteiger partial charge in [0, 0.05) is 12.9 Å². The number of hydrogen-bond donors (Lipinski definition) is 1. The van der Waals surface area contributed by atoms with E-state index in [2.05, 4.69) is 4.99 Å². The van der Waals surface area contributed by atoms with Crippen LogP contribution < -0.4 is 4.74 Å². The summed E-state index contributed by atoms with van der Waals surface area (Å²) in [6.45, 7) is 6.11. The number of Topliss-reactive ketones (excluding diaryl/α,β-unsaturated/α-hetero) is 1. The lowest BCUT2D eigenvalue weighted by Gasteiger charge is -2.14. The molecule has 0 saturated carbocycles. The van der Waals surface area contributed by atoms with Crippen LogP contribution in [0.5, 0.6) is 11.5 Å². The molecule has 2 rings (SSSR count). The van der Waals surface area contributed by atoms with Gasteiger partial charge in [-0.25, -0.2) is 0 Å². The van der Waals surface area contributed by atoms with Crippen molar-refractivity contribution in [3.63, 3.8) is 0 Å². The predicted octanol–water partition coefficient (Wildman–Crippen LogP) is 2.29. The van der Waals surface area contributed by atoms with Crippen LogP contribution in [-0.4, -0.2) is 74.0 Å². The number of hydrogen-bond acceptors (Lipinski definition) is 8. The van der Waals surface area contributed by atoms with E-state index in [1.54, 1.807) is 25.3 Å². The largest absolute Gasteiger partial charge is 0.504 e. The Morgan fingerprint density at radius 2 is 1.85 bits per heavy atom. The Morgan fingerprint density at radius 1 is 1.19 bits per heavy atom. The minimum Gasteiger partial charge on any atom is -0.504 e. The van der Waals surface area contributed by atoms with Crippen LogP contribution in [0.1, 0.15) is 19.4 Å². The van der Waals surface area contributed by atoms with Gasteiger partial charge in [-0.1, -0.05) is 6.07 Å². The molecule has 0 fully saturated rings. The summed E-state index contributed by atoms with van der Waals surface area (Å²) in [4.78, 5) is 16.3. The molecule has 7 nitrogen and oxygen atoms in total. The second-order valence-corrected chi connectivity index (χ2v) is 7.22. The molecule has 0 saturated heterocycles. The lowest BCUT2D eigenvalue weighted by Crippen LogP contribution is -2.31. The standard InChI is InChI=1S/C19H27NO6S/c1-14(21)19(2)13-27-18(20-19)15-5-4-6-16(17(15)22)26-12-11-25-10-9-24-8-7-23-3/h4-6,22H,7-13H2,1-3H3/t19-/m1/s1. The molecule has 0 aliphatic carbocycles.